The summed E-state index contributed by atoms with van der Waals surface area (Å²) in [5, 5.41) is 8.65. The van der Waals surface area contributed by atoms with Gasteiger partial charge in [-0.05, 0) is 42.7 Å². The number of carbonyl (C=O) groups is 3. The van der Waals surface area contributed by atoms with Crippen LogP contribution in [0.1, 0.15) is 23.1 Å². The van der Waals surface area contributed by atoms with Crippen molar-refractivity contribution in [3.05, 3.63) is 71.3 Å². The number of carbonyl (C=O) groups excluding carboxylic acids is 2. The minimum atomic E-state index is -1.03. The van der Waals surface area contributed by atoms with E-state index in [1.165, 1.54) is 11.0 Å². The Bertz CT molecular complexity index is 883. The lowest BCUT2D eigenvalue weighted by atomic mass is 9.97. The van der Waals surface area contributed by atoms with Gasteiger partial charge in [0.2, 0.25) is 11.8 Å². The molecule has 1 atom stereocenters. The van der Waals surface area contributed by atoms with Crippen molar-refractivity contribution in [1.82, 2.24) is 0 Å². The van der Waals surface area contributed by atoms with Gasteiger partial charge in [-0.25, -0.2) is 4.79 Å². The van der Waals surface area contributed by atoms with Crippen LogP contribution in [0.15, 0.2) is 54.6 Å². The summed E-state index contributed by atoms with van der Waals surface area (Å²) < 4.78 is 0. The Labute approximate surface area is 151 Å². The average molecular weight is 349 g/mol. The maximum absolute atomic E-state index is 12.7. The highest BCUT2D eigenvalue weighted by atomic mass is 16.4. The minimum Gasteiger partial charge on any atom is -0.478 e. The highest BCUT2D eigenvalue weighted by molar-refractivity contribution is 6.21. The number of carboxylic acids is 1. The van der Waals surface area contributed by atoms with Crippen LogP contribution in [-0.4, -0.2) is 22.9 Å². The number of hydrogen-bond acceptors (Lipinski definition) is 3. The van der Waals surface area contributed by atoms with Crippen molar-refractivity contribution in [3.63, 3.8) is 0 Å². The summed E-state index contributed by atoms with van der Waals surface area (Å²) >= 11 is 0. The Morgan fingerprint density at radius 2 is 1.92 bits per heavy atom. The SMILES string of the molecule is Cc1cccc(C[C@@H]2CC(=O)N(c3ccc(/C=C/C(=O)O)cc3)C2=O)c1. The molecule has 0 spiro atoms. The standard InChI is InChI=1S/C21H19NO4/c1-14-3-2-4-16(11-14)12-17-13-19(23)22(21(17)26)18-8-5-15(6-9-18)7-10-20(24)25/h2-11,17H,12-13H2,1H3,(H,24,25)/b10-7+/t17-/m1/s1. The van der Waals surface area contributed by atoms with Crippen LogP contribution in [0.3, 0.4) is 0 Å². The van der Waals surface area contributed by atoms with Crippen molar-refractivity contribution in [1.29, 1.82) is 0 Å². The molecule has 26 heavy (non-hydrogen) atoms. The molecule has 1 aliphatic rings. The van der Waals surface area contributed by atoms with Gasteiger partial charge in [-0.15, -0.1) is 0 Å². The molecule has 0 aromatic heterocycles. The first kappa shape index (κ1) is 17.6. The molecule has 5 nitrogen and oxygen atoms in total. The molecule has 0 radical (unpaired) electrons. The number of amides is 2. The Kier molecular flexibility index (Phi) is 4.98. The molecule has 0 aliphatic carbocycles. The lowest BCUT2D eigenvalue weighted by Gasteiger charge is -2.15. The largest absolute Gasteiger partial charge is 0.478 e. The quantitative estimate of drug-likeness (QED) is 0.664. The summed E-state index contributed by atoms with van der Waals surface area (Å²) in [6.45, 7) is 2.00. The van der Waals surface area contributed by atoms with Crippen LogP contribution < -0.4 is 4.90 Å². The smallest absolute Gasteiger partial charge is 0.328 e. The molecule has 0 bridgehead atoms. The molecule has 0 unspecified atom stereocenters. The van der Waals surface area contributed by atoms with Gasteiger partial charge in [-0.3, -0.25) is 14.5 Å². The van der Waals surface area contributed by atoms with Crippen molar-refractivity contribution < 1.29 is 19.5 Å². The molecule has 1 fully saturated rings. The molecule has 132 valence electrons. The van der Waals surface area contributed by atoms with E-state index in [4.69, 9.17) is 5.11 Å². The number of anilines is 1. The number of hydrogen-bond donors (Lipinski definition) is 1. The number of aliphatic carboxylic acids is 1. The van der Waals surface area contributed by atoms with Crippen LogP contribution in [0.4, 0.5) is 5.69 Å². The van der Waals surface area contributed by atoms with Crippen molar-refractivity contribution in [2.45, 2.75) is 19.8 Å². The molecule has 1 saturated heterocycles. The fourth-order valence-electron chi connectivity index (χ4n) is 3.15. The van der Waals surface area contributed by atoms with Gasteiger partial charge in [0.25, 0.3) is 0 Å². The van der Waals surface area contributed by atoms with E-state index in [1.54, 1.807) is 24.3 Å². The van der Waals surface area contributed by atoms with Gasteiger partial charge in [-0.1, -0.05) is 42.0 Å². The topological polar surface area (TPSA) is 74.7 Å². The normalized spacial score (nSPS) is 17.3. The number of nitrogens with zero attached hydrogens (tertiary/aromatic N) is 1. The maximum Gasteiger partial charge on any atom is 0.328 e. The van der Waals surface area contributed by atoms with E-state index in [1.807, 2.05) is 31.2 Å². The van der Waals surface area contributed by atoms with Crippen LogP contribution in [0.2, 0.25) is 0 Å². The number of aryl methyl sites for hydroxylation is 1. The van der Waals surface area contributed by atoms with Crippen LogP contribution in [0.25, 0.3) is 6.08 Å². The molecule has 5 heteroatoms. The summed E-state index contributed by atoms with van der Waals surface area (Å²) in [6, 6.07) is 14.6. The first-order chi connectivity index (χ1) is 12.4. The summed E-state index contributed by atoms with van der Waals surface area (Å²) in [5.74, 6) is -1.78. The number of rotatable bonds is 5. The monoisotopic (exact) mass is 349 g/mol. The number of benzene rings is 2. The highest BCUT2D eigenvalue weighted by Crippen LogP contribution is 2.29. The Balaban J connectivity index is 1.75. The van der Waals surface area contributed by atoms with E-state index in [0.717, 1.165) is 17.2 Å². The van der Waals surface area contributed by atoms with E-state index >= 15 is 0 Å². The summed E-state index contributed by atoms with van der Waals surface area (Å²) in [4.78, 5) is 36.9. The Morgan fingerprint density at radius 1 is 1.19 bits per heavy atom. The van der Waals surface area contributed by atoms with Gasteiger partial charge in [-0.2, -0.15) is 0 Å². The zero-order valence-electron chi connectivity index (χ0n) is 14.4. The van der Waals surface area contributed by atoms with E-state index in [9.17, 15) is 14.4 Å². The van der Waals surface area contributed by atoms with E-state index in [0.29, 0.717) is 17.7 Å². The van der Waals surface area contributed by atoms with Gasteiger partial charge < -0.3 is 5.11 Å². The first-order valence-corrected chi connectivity index (χ1v) is 8.37. The molecule has 1 aliphatic heterocycles. The zero-order chi connectivity index (χ0) is 18.7. The van der Waals surface area contributed by atoms with Crippen molar-refractivity contribution in [2.24, 2.45) is 5.92 Å². The first-order valence-electron chi connectivity index (χ1n) is 8.37. The lowest BCUT2D eigenvalue weighted by Crippen LogP contribution is -2.30. The van der Waals surface area contributed by atoms with Crippen LogP contribution in [0, 0.1) is 12.8 Å². The van der Waals surface area contributed by atoms with Gasteiger partial charge in [0.05, 0.1) is 11.6 Å². The molecule has 1 N–H and O–H groups in total. The molecular formula is C21H19NO4. The third-order valence-corrected chi connectivity index (χ3v) is 4.37. The highest BCUT2D eigenvalue weighted by Gasteiger charge is 2.39. The average Bonchev–Trinajstić information content (AvgIpc) is 2.87. The van der Waals surface area contributed by atoms with Crippen molar-refractivity contribution in [2.75, 3.05) is 4.90 Å². The molecule has 2 amide bonds. The minimum absolute atomic E-state index is 0.190. The second-order valence-electron chi connectivity index (χ2n) is 6.42. The van der Waals surface area contributed by atoms with E-state index in [2.05, 4.69) is 0 Å². The van der Waals surface area contributed by atoms with Crippen LogP contribution in [-0.2, 0) is 20.8 Å². The van der Waals surface area contributed by atoms with E-state index in [-0.39, 0.29) is 24.2 Å². The van der Waals surface area contributed by atoms with Crippen LogP contribution >= 0.6 is 0 Å². The Hall–Kier alpha value is -3.21. The molecule has 0 saturated carbocycles. The predicted octanol–water partition coefficient (Wildman–Crippen LogP) is 3.22. The van der Waals surface area contributed by atoms with E-state index < -0.39 is 5.97 Å². The van der Waals surface area contributed by atoms with Gasteiger partial charge in [0.1, 0.15) is 0 Å². The zero-order valence-corrected chi connectivity index (χ0v) is 14.4. The van der Waals surface area contributed by atoms with Gasteiger partial charge in [0.15, 0.2) is 0 Å². The van der Waals surface area contributed by atoms with Gasteiger partial charge >= 0.3 is 5.97 Å². The van der Waals surface area contributed by atoms with Crippen molar-refractivity contribution in [3.8, 4) is 0 Å². The number of imide groups is 1. The Morgan fingerprint density at radius 3 is 2.58 bits per heavy atom. The van der Waals surface area contributed by atoms with Gasteiger partial charge in [0, 0.05) is 12.5 Å². The third-order valence-electron chi connectivity index (χ3n) is 4.37. The fourth-order valence-corrected chi connectivity index (χ4v) is 3.15. The van der Waals surface area contributed by atoms with Crippen LogP contribution in [0.5, 0.6) is 0 Å². The summed E-state index contributed by atoms with van der Waals surface area (Å²) in [5.41, 5.74) is 3.37. The summed E-state index contributed by atoms with van der Waals surface area (Å²) in [7, 11) is 0. The number of carboxylic acid groups (broad SMARTS) is 1. The fraction of sp³-hybridized carbons (Fsp3) is 0.190. The predicted molar refractivity (Wildman–Crippen MR) is 98.6 cm³/mol. The lowest BCUT2D eigenvalue weighted by molar-refractivity contribution is -0.131. The summed E-state index contributed by atoms with van der Waals surface area (Å²) in [6.07, 6.45) is 3.24. The molecule has 1 heterocycles. The molecule has 3 rings (SSSR count). The third kappa shape index (κ3) is 3.88. The second-order valence-corrected chi connectivity index (χ2v) is 6.42. The second kappa shape index (κ2) is 7.35. The van der Waals surface area contributed by atoms with Crippen molar-refractivity contribution >= 4 is 29.5 Å². The molecule has 2 aromatic carbocycles. The maximum atomic E-state index is 12.7. The molecule has 2 aromatic rings. The molecular weight excluding hydrogens is 330 g/mol.